The summed E-state index contributed by atoms with van der Waals surface area (Å²) in [5.74, 6) is -2.82. The molecule has 202 valence electrons. The van der Waals surface area contributed by atoms with E-state index in [1.165, 1.54) is 11.3 Å². The summed E-state index contributed by atoms with van der Waals surface area (Å²) < 4.78 is 10.7. The van der Waals surface area contributed by atoms with E-state index in [2.05, 4.69) is 15.3 Å². The summed E-state index contributed by atoms with van der Waals surface area (Å²) in [6.45, 7) is 7.42. The highest BCUT2D eigenvalue weighted by Gasteiger charge is 2.42. The standard InChI is InChI=1S/C29H30N4O5S/c1-5-37-27(35)23-16(3)31-17(4)24(28(36)38-6-2)25(23)20-8-7-9-21(14-20)32-29-33-22(15-39-29)18-10-12-19(13-11-18)26(30)34/h7-15,23,25H,5-6H2,1-4H3,(H2,30,34)(H,32,33). The Morgan fingerprint density at radius 2 is 1.74 bits per heavy atom. The van der Waals surface area contributed by atoms with Crippen molar-refractivity contribution in [2.75, 3.05) is 18.5 Å². The Morgan fingerprint density at radius 3 is 2.41 bits per heavy atom. The van der Waals surface area contributed by atoms with Gasteiger partial charge >= 0.3 is 11.9 Å². The van der Waals surface area contributed by atoms with Gasteiger partial charge in [-0.3, -0.25) is 14.6 Å². The van der Waals surface area contributed by atoms with Crippen LogP contribution in [0, 0.1) is 5.92 Å². The zero-order valence-electron chi connectivity index (χ0n) is 22.2. The quantitative estimate of drug-likeness (QED) is 0.351. The van der Waals surface area contributed by atoms with Crippen molar-refractivity contribution in [1.82, 2.24) is 4.98 Å². The fraction of sp³-hybridized carbons (Fsp3) is 0.276. The SMILES string of the molecule is CCOC(=O)C1=C(C)N=C(C)C(C(=O)OCC)C1c1cccc(Nc2nc(-c3ccc(C(N)=O)cc3)cs2)c1. The monoisotopic (exact) mass is 546 g/mol. The lowest BCUT2D eigenvalue weighted by molar-refractivity contribution is -0.146. The molecule has 2 heterocycles. The molecule has 3 aromatic rings. The van der Waals surface area contributed by atoms with Crippen molar-refractivity contribution in [3.8, 4) is 11.3 Å². The molecular formula is C29H30N4O5S. The van der Waals surface area contributed by atoms with Crippen LogP contribution in [0.4, 0.5) is 10.8 Å². The van der Waals surface area contributed by atoms with Gasteiger partial charge in [0.1, 0.15) is 5.92 Å². The summed E-state index contributed by atoms with van der Waals surface area (Å²) in [4.78, 5) is 46.6. The van der Waals surface area contributed by atoms with E-state index in [1.807, 2.05) is 29.6 Å². The fourth-order valence-corrected chi connectivity index (χ4v) is 5.35. The molecule has 10 heteroatoms. The van der Waals surface area contributed by atoms with Gasteiger partial charge in [0, 0.05) is 39.5 Å². The Kier molecular flexibility index (Phi) is 8.55. The number of nitrogens with two attached hydrogens (primary N) is 1. The van der Waals surface area contributed by atoms with Gasteiger partial charge in [0.05, 0.1) is 24.5 Å². The summed E-state index contributed by atoms with van der Waals surface area (Å²) in [6.07, 6.45) is 0. The van der Waals surface area contributed by atoms with Crippen molar-refractivity contribution in [2.45, 2.75) is 33.6 Å². The number of primary amides is 1. The van der Waals surface area contributed by atoms with Crippen LogP contribution >= 0.6 is 11.3 Å². The maximum Gasteiger partial charge on any atom is 0.336 e. The van der Waals surface area contributed by atoms with Crippen molar-refractivity contribution in [1.29, 1.82) is 0 Å². The molecule has 0 saturated heterocycles. The van der Waals surface area contributed by atoms with Crippen molar-refractivity contribution in [3.05, 3.63) is 76.3 Å². The van der Waals surface area contributed by atoms with Gasteiger partial charge in [-0.2, -0.15) is 0 Å². The predicted molar refractivity (Wildman–Crippen MR) is 151 cm³/mol. The van der Waals surface area contributed by atoms with Crippen LogP contribution in [0.25, 0.3) is 11.3 Å². The number of hydrogen-bond acceptors (Lipinski definition) is 9. The molecule has 1 amide bonds. The molecule has 0 spiro atoms. The Bertz CT molecular complexity index is 1460. The fourth-order valence-electron chi connectivity index (χ4n) is 4.61. The lowest BCUT2D eigenvalue weighted by Crippen LogP contribution is -2.36. The molecule has 39 heavy (non-hydrogen) atoms. The molecule has 0 saturated carbocycles. The number of aliphatic imine (C=N–C) groups is 1. The second kappa shape index (κ2) is 12.0. The Labute approximate surface area is 230 Å². The molecule has 1 aliphatic heterocycles. The molecule has 2 aromatic carbocycles. The van der Waals surface area contributed by atoms with Gasteiger partial charge < -0.3 is 20.5 Å². The van der Waals surface area contributed by atoms with Crippen LogP contribution < -0.4 is 11.1 Å². The number of allylic oxidation sites excluding steroid dienone is 1. The summed E-state index contributed by atoms with van der Waals surface area (Å²) >= 11 is 1.43. The first-order chi connectivity index (χ1) is 18.7. The minimum Gasteiger partial charge on any atom is -0.465 e. The number of amides is 1. The van der Waals surface area contributed by atoms with Crippen molar-refractivity contribution < 1.29 is 23.9 Å². The van der Waals surface area contributed by atoms with Gasteiger partial charge in [0.2, 0.25) is 5.91 Å². The predicted octanol–water partition coefficient (Wildman–Crippen LogP) is 5.23. The van der Waals surface area contributed by atoms with Gasteiger partial charge in [-0.25, -0.2) is 9.78 Å². The van der Waals surface area contributed by atoms with Crippen LogP contribution in [-0.4, -0.2) is 41.8 Å². The van der Waals surface area contributed by atoms with Crippen LogP contribution in [0.15, 0.2) is 70.2 Å². The second-order valence-electron chi connectivity index (χ2n) is 8.91. The number of hydrogen-bond donors (Lipinski definition) is 2. The van der Waals surface area contributed by atoms with Gasteiger partial charge in [0.25, 0.3) is 0 Å². The molecule has 2 atom stereocenters. The maximum absolute atomic E-state index is 13.1. The number of carbonyl (C=O) groups is 3. The average molecular weight is 547 g/mol. The average Bonchev–Trinajstić information content (AvgIpc) is 3.37. The first-order valence-corrected chi connectivity index (χ1v) is 13.4. The van der Waals surface area contributed by atoms with Crippen molar-refractivity contribution >= 4 is 45.7 Å². The Hall–Kier alpha value is -4.31. The van der Waals surface area contributed by atoms with E-state index < -0.39 is 29.7 Å². The largest absolute Gasteiger partial charge is 0.465 e. The summed E-state index contributed by atoms with van der Waals surface area (Å²) in [7, 11) is 0. The van der Waals surface area contributed by atoms with E-state index in [0.29, 0.717) is 27.7 Å². The molecule has 0 bridgehead atoms. The van der Waals surface area contributed by atoms with E-state index in [4.69, 9.17) is 15.2 Å². The molecule has 0 aliphatic carbocycles. The number of rotatable bonds is 9. The number of nitrogens with one attached hydrogen (secondary N) is 1. The van der Waals surface area contributed by atoms with E-state index in [0.717, 1.165) is 22.5 Å². The highest BCUT2D eigenvalue weighted by atomic mass is 32.1. The number of ether oxygens (including phenoxy) is 2. The lowest BCUT2D eigenvalue weighted by Gasteiger charge is -2.31. The number of carbonyl (C=O) groups excluding carboxylic acids is 3. The molecule has 4 rings (SSSR count). The number of thiazole rings is 1. The van der Waals surface area contributed by atoms with Crippen molar-refractivity contribution in [2.24, 2.45) is 16.6 Å². The first-order valence-electron chi connectivity index (χ1n) is 12.6. The Morgan fingerprint density at radius 1 is 1.03 bits per heavy atom. The lowest BCUT2D eigenvalue weighted by atomic mass is 9.75. The number of nitrogens with zero attached hydrogens (tertiary/aromatic N) is 2. The molecule has 0 fully saturated rings. The van der Waals surface area contributed by atoms with Crippen LogP contribution in [-0.2, 0) is 19.1 Å². The normalized spacial score (nSPS) is 16.9. The van der Waals surface area contributed by atoms with E-state index in [-0.39, 0.29) is 13.2 Å². The van der Waals surface area contributed by atoms with E-state index in [1.54, 1.807) is 52.0 Å². The minimum atomic E-state index is -0.766. The molecule has 1 aromatic heterocycles. The van der Waals surface area contributed by atoms with E-state index >= 15 is 0 Å². The van der Waals surface area contributed by atoms with Crippen LogP contribution in [0.2, 0.25) is 0 Å². The second-order valence-corrected chi connectivity index (χ2v) is 9.77. The van der Waals surface area contributed by atoms with Crippen LogP contribution in [0.3, 0.4) is 0 Å². The summed E-state index contributed by atoms with van der Waals surface area (Å²) in [5.41, 5.74) is 10.3. The highest BCUT2D eigenvalue weighted by molar-refractivity contribution is 7.14. The molecule has 3 N–H and O–H groups in total. The third-order valence-corrected chi connectivity index (χ3v) is 7.09. The smallest absolute Gasteiger partial charge is 0.336 e. The zero-order valence-corrected chi connectivity index (χ0v) is 23.0. The first kappa shape index (κ1) is 27.7. The number of anilines is 2. The molecule has 0 radical (unpaired) electrons. The van der Waals surface area contributed by atoms with Gasteiger partial charge in [-0.15, -0.1) is 11.3 Å². The van der Waals surface area contributed by atoms with E-state index in [9.17, 15) is 14.4 Å². The van der Waals surface area contributed by atoms with Gasteiger partial charge in [-0.1, -0.05) is 24.3 Å². The maximum atomic E-state index is 13.1. The number of benzene rings is 2. The summed E-state index contributed by atoms with van der Waals surface area (Å²) in [6, 6.07) is 14.4. The minimum absolute atomic E-state index is 0.203. The number of esters is 2. The van der Waals surface area contributed by atoms with Crippen LogP contribution in [0.1, 0.15) is 49.5 Å². The van der Waals surface area contributed by atoms with Crippen molar-refractivity contribution in [3.63, 3.8) is 0 Å². The van der Waals surface area contributed by atoms with Gasteiger partial charge in [0.15, 0.2) is 5.13 Å². The molecule has 9 nitrogen and oxygen atoms in total. The zero-order chi connectivity index (χ0) is 28.1. The third-order valence-electron chi connectivity index (χ3n) is 6.33. The van der Waals surface area contributed by atoms with Gasteiger partial charge in [-0.05, 0) is 57.5 Å². The third kappa shape index (κ3) is 6.06. The Balaban J connectivity index is 1.66. The summed E-state index contributed by atoms with van der Waals surface area (Å²) in [5, 5.41) is 5.88. The molecular weight excluding hydrogens is 516 g/mol. The molecule has 1 aliphatic rings. The number of aromatic nitrogens is 1. The molecule has 2 unspecified atom stereocenters. The van der Waals surface area contributed by atoms with Crippen LogP contribution in [0.5, 0.6) is 0 Å². The topological polar surface area (TPSA) is 133 Å². The highest BCUT2D eigenvalue weighted by Crippen LogP contribution is 2.41.